The second-order valence-electron chi connectivity index (χ2n) is 5.80. The molecule has 0 aromatic carbocycles. The summed E-state index contributed by atoms with van der Waals surface area (Å²) in [7, 11) is 0. The molecule has 2 fully saturated rings. The third kappa shape index (κ3) is 3.86. The molecular weight excluding hydrogens is 286 g/mol. The minimum absolute atomic E-state index is 0.0836. The Labute approximate surface area is 129 Å². The van der Waals surface area contributed by atoms with Crippen molar-refractivity contribution in [2.24, 2.45) is 0 Å². The molecule has 1 aromatic heterocycles. The van der Waals surface area contributed by atoms with Crippen molar-refractivity contribution in [2.45, 2.75) is 12.6 Å². The van der Waals surface area contributed by atoms with Crippen LogP contribution in [0.25, 0.3) is 0 Å². The molecule has 22 heavy (non-hydrogen) atoms. The molecule has 0 saturated carbocycles. The zero-order valence-corrected chi connectivity index (χ0v) is 12.7. The van der Waals surface area contributed by atoms with E-state index in [9.17, 15) is 9.90 Å². The molecule has 3 heterocycles. The van der Waals surface area contributed by atoms with Crippen LogP contribution in [0.5, 0.6) is 0 Å². The van der Waals surface area contributed by atoms with Crippen molar-refractivity contribution in [1.29, 1.82) is 0 Å². The Morgan fingerprint density at radius 3 is 3.00 bits per heavy atom. The molecule has 1 unspecified atom stereocenters. The Morgan fingerprint density at radius 2 is 2.18 bits per heavy atom. The fourth-order valence-corrected chi connectivity index (χ4v) is 2.82. The summed E-state index contributed by atoms with van der Waals surface area (Å²) in [5.74, 6) is 0.707. The molecule has 2 aliphatic heterocycles. The van der Waals surface area contributed by atoms with E-state index in [1.165, 1.54) is 6.26 Å². The van der Waals surface area contributed by atoms with Crippen LogP contribution in [-0.4, -0.2) is 79.4 Å². The lowest BCUT2D eigenvalue weighted by molar-refractivity contribution is 0.0313. The highest BCUT2D eigenvalue weighted by atomic mass is 16.5. The van der Waals surface area contributed by atoms with E-state index < -0.39 is 6.10 Å². The zero-order chi connectivity index (χ0) is 15.4. The van der Waals surface area contributed by atoms with Gasteiger partial charge >= 0.3 is 0 Å². The molecule has 3 rings (SSSR count). The minimum atomic E-state index is -0.522. The maximum atomic E-state index is 12.5. The summed E-state index contributed by atoms with van der Waals surface area (Å²) < 4.78 is 10.8. The van der Waals surface area contributed by atoms with Gasteiger partial charge in [-0.05, 0) is 6.07 Å². The van der Waals surface area contributed by atoms with Gasteiger partial charge in [0.2, 0.25) is 0 Å². The van der Waals surface area contributed by atoms with Gasteiger partial charge in [0.05, 0.1) is 31.4 Å². The Hall–Kier alpha value is -1.41. The zero-order valence-electron chi connectivity index (χ0n) is 12.7. The van der Waals surface area contributed by atoms with Crippen molar-refractivity contribution in [3.05, 3.63) is 23.7 Å². The van der Waals surface area contributed by atoms with Gasteiger partial charge in [-0.2, -0.15) is 0 Å². The average molecular weight is 309 g/mol. The SMILES string of the molecule is O=C(c1coc(CN2CCOCC2)c1)N1CCNCC(O)C1. The van der Waals surface area contributed by atoms with Crippen LogP contribution < -0.4 is 5.32 Å². The highest BCUT2D eigenvalue weighted by Crippen LogP contribution is 2.14. The first-order valence-corrected chi connectivity index (χ1v) is 7.78. The molecular formula is C15H23N3O4. The fraction of sp³-hybridized carbons (Fsp3) is 0.667. The van der Waals surface area contributed by atoms with Gasteiger partial charge in [-0.25, -0.2) is 0 Å². The van der Waals surface area contributed by atoms with Gasteiger partial charge < -0.3 is 24.5 Å². The molecule has 2 N–H and O–H groups in total. The molecule has 0 bridgehead atoms. The normalized spacial score (nSPS) is 24.2. The molecule has 2 aliphatic rings. The number of nitrogens with zero attached hydrogens (tertiary/aromatic N) is 2. The Kier molecular flexibility index (Phi) is 5.09. The van der Waals surface area contributed by atoms with Gasteiger partial charge in [0.1, 0.15) is 12.0 Å². The standard InChI is InChI=1S/C15H23N3O4/c19-13-8-16-1-2-18(9-13)15(20)12-7-14(22-11-12)10-17-3-5-21-6-4-17/h7,11,13,16,19H,1-6,8-10H2. The maximum Gasteiger partial charge on any atom is 0.257 e. The van der Waals surface area contributed by atoms with Gasteiger partial charge in [-0.15, -0.1) is 0 Å². The van der Waals surface area contributed by atoms with E-state index in [-0.39, 0.29) is 5.91 Å². The molecule has 1 atom stereocenters. The first-order chi connectivity index (χ1) is 10.7. The molecule has 7 nitrogen and oxygen atoms in total. The van der Waals surface area contributed by atoms with Crippen LogP contribution >= 0.6 is 0 Å². The number of carbonyl (C=O) groups is 1. The summed E-state index contributed by atoms with van der Waals surface area (Å²) in [6.45, 7) is 6.12. The third-order valence-electron chi connectivity index (χ3n) is 4.04. The summed E-state index contributed by atoms with van der Waals surface area (Å²) in [6, 6.07) is 1.81. The van der Waals surface area contributed by atoms with E-state index in [1.54, 1.807) is 4.90 Å². The van der Waals surface area contributed by atoms with Crippen LogP contribution in [0.4, 0.5) is 0 Å². The molecule has 0 aliphatic carbocycles. The number of β-amino-alcohol motifs (C(OH)–C–C–N with tert-alkyl or cyclic N) is 1. The number of hydrogen-bond donors (Lipinski definition) is 2. The van der Waals surface area contributed by atoms with Crippen LogP contribution in [-0.2, 0) is 11.3 Å². The molecule has 122 valence electrons. The number of furan rings is 1. The highest BCUT2D eigenvalue weighted by molar-refractivity contribution is 5.94. The van der Waals surface area contributed by atoms with Crippen LogP contribution in [0.15, 0.2) is 16.7 Å². The fourth-order valence-electron chi connectivity index (χ4n) is 2.82. The third-order valence-corrected chi connectivity index (χ3v) is 4.04. The van der Waals surface area contributed by atoms with Gasteiger partial charge in [-0.1, -0.05) is 0 Å². The van der Waals surface area contributed by atoms with Crippen molar-refractivity contribution in [2.75, 3.05) is 52.5 Å². The molecule has 2 saturated heterocycles. The molecule has 1 aromatic rings. The maximum absolute atomic E-state index is 12.5. The van der Waals surface area contributed by atoms with Crippen molar-refractivity contribution in [3.8, 4) is 0 Å². The van der Waals surface area contributed by atoms with Crippen LogP contribution in [0, 0.1) is 0 Å². The van der Waals surface area contributed by atoms with Crippen molar-refractivity contribution in [3.63, 3.8) is 0 Å². The summed E-state index contributed by atoms with van der Waals surface area (Å²) in [6.07, 6.45) is 0.995. The van der Waals surface area contributed by atoms with Crippen molar-refractivity contribution < 1.29 is 19.1 Å². The highest BCUT2D eigenvalue weighted by Gasteiger charge is 2.23. The summed E-state index contributed by atoms with van der Waals surface area (Å²) in [5.41, 5.74) is 0.553. The monoisotopic (exact) mass is 309 g/mol. The predicted molar refractivity (Wildman–Crippen MR) is 79.6 cm³/mol. The lowest BCUT2D eigenvalue weighted by Gasteiger charge is -2.25. The van der Waals surface area contributed by atoms with Crippen LogP contribution in [0.3, 0.4) is 0 Å². The summed E-state index contributed by atoms with van der Waals surface area (Å²) in [4.78, 5) is 16.4. The van der Waals surface area contributed by atoms with E-state index >= 15 is 0 Å². The number of morpholine rings is 1. The van der Waals surface area contributed by atoms with Gasteiger partial charge in [0.25, 0.3) is 5.91 Å². The summed E-state index contributed by atoms with van der Waals surface area (Å²) >= 11 is 0. The van der Waals surface area contributed by atoms with Crippen molar-refractivity contribution >= 4 is 5.91 Å². The lowest BCUT2D eigenvalue weighted by atomic mass is 10.2. The minimum Gasteiger partial charge on any atom is -0.467 e. The lowest BCUT2D eigenvalue weighted by Crippen LogP contribution is -2.37. The van der Waals surface area contributed by atoms with E-state index in [2.05, 4.69) is 10.2 Å². The number of carbonyl (C=O) groups excluding carboxylic acids is 1. The molecule has 0 radical (unpaired) electrons. The predicted octanol–water partition coefficient (Wildman–Crippen LogP) is -0.482. The Bertz CT molecular complexity index is 499. The number of aliphatic hydroxyl groups excluding tert-OH is 1. The van der Waals surface area contributed by atoms with Crippen LogP contribution in [0.1, 0.15) is 16.1 Å². The Morgan fingerprint density at radius 1 is 1.36 bits per heavy atom. The average Bonchev–Trinajstić information content (AvgIpc) is 2.88. The number of aliphatic hydroxyl groups is 1. The largest absolute Gasteiger partial charge is 0.467 e. The molecule has 0 spiro atoms. The van der Waals surface area contributed by atoms with Gasteiger partial charge in [-0.3, -0.25) is 9.69 Å². The smallest absolute Gasteiger partial charge is 0.257 e. The van der Waals surface area contributed by atoms with E-state index in [1.807, 2.05) is 6.07 Å². The Balaban J connectivity index is 1.60. The van der Waals surface area contributed by atoms with Crippen molar-refractivity contribution in [1.82, 2.24) is 15.1 Å². The quantitative estimate of drug-likeness (QED) is 0.785. The van der Waals surface area contributed by atoms with E-state index in [4.69, 9.17) is 9.15 Å². The number of amides is 1. The van der Waals surface area contributed by atoms with Gasteiger partial charge in [0, 0.05) is 39.3 Å². The second kappa shape index (κ2) is 7.23. The first-order valence-electron chi connectivity index (χ1n) is 7.78. The van der Waals surface area contributed by atoms with E-state index in [0.717, 1.165) is 32.1 Å². The number of nitrogens with one attached hydrogen (secondary N) is 1. The number of ether oxygens (including phenoxy) is 1. The van der Waals surface area contributed by atoms with E-state index in [0.29, 0.717) is 38.3 Å². The topological polar surface area (TPSA) is 78.2 Å². The number of hydrogen-bond acceptors (Lipinski definition) is 6. The van der Waals surface area contributed by atoms with Crippen LogP contribution in [0.2, 0.25) is 0 Å². The second-order valence-corrected chi connectivity index (χ2v) is 5.80. The van der Waals surface area contributed by atoms with Gasteiger partial charge in [0.15, 0.2) is 0 Å². The number of rotatable bonds is 3. The summed E-state index contributed by atoms with van der Waals surface area (Å²) in [5, 5.41) is 12.9. The first kappa shape index (κ1) is 15.5. The molecule has 1 amide bonds. The molecule has 7 heteroatoms.